The van der Waals surface area contributed by atoms with Gasteiger partial charge in [0.1, 0.15) is 17.8 Å². The SMILES string of the molecule is COc1cncnc1-c1ccc2nc(Nc3cc([C@H](C)N4CCN(C(=O)CC5CC5)CC4)ccn3)[nH]c2c1. The Bertz CT molecular complexity index is 1440. The van der Waals surface area contributed by atoms with Crippen molar-refractivity contribution in [3.63, 3.8) is 0 Å². The fourth-order valence-corrected chi connectivity index (χ4v) is 5.06. The number of hydrogen-bond donors (Lipinski definition) is 2. The van der Waals surface area contributed by atoms with Crippen LogP contribution in [0.5, 0.6) is 5.75 Å². The van der Waals surface area contributed by atoms with Gasteiger partial charge in [-0.05, 0) is 55.5 Å². The molecule has 1 saturated heterocycles. The van der Waals surface area contributed by atoms with E-state index >= 15 is 0 Å². The maximum absolute atomic E-state index is 12.5. The van der Waals surface area contributed by atoms with Crippen LogP contribution in [-0.4, -0.2) is 73.9 Å². The zero-order valence-electron chi connectivity index (χ0n) is 21.7. The molecule has 10 heteroatoms. The normalized spacial score (nSPS) is 16.9. The summed E-state index contributed by atoms with van der Waals surface area (Å²) in [6, 6.07) is 10.3. The largest absolute Gasteiger partial charge is 0.493 e. The van der Waals surface area contributed by atoms with Crippen LogP contribution in [-0.2, 0) is 4.79 Å². The van der Waals surface area contributed by atoms with Crippen LogP contribution >= 0.6 is 0 Å². The molecule has 0 unspecified atom stereocenters. The number of piperazine rings is 1. The Balaban J connectivity index is 1.13. The van der Waals surface area contributed by atoms with Crippen LogP contribution in [0.25, 0.3) is 22.3 Å². The van der Waals surface area contributed by atoms with E-state index in [4.69, 9.17) is 4.74 Å². The highest BCUT2D eigenvalue weighted by Gasteiger charge is 2.29. The van der Waals surface area contributed by atoms with E-state index < -0.39 is 0 Å². The van der Waals surface area contributed by atoms with Crippen LogP contribution in [0.15, 0.2) is 49.1 Å². The number of aromatic nitrogens is 5. The molecule has 1 atom stereocenters. The second-order valence-electron chi connectivity index (χ2n) is 10.1. The first-order chi connectivity index (χ1) is 18.6. The van der Waals surface area contributed by atoms with Crippen LogP contribution in [0.1, 0.15) is 37.8 Å². The van der Waals surface area contributed by atoms with Gasteiger partial charge in [0.2, 0.25) is 11.9 Å². The predicted molar refractivity (Wildman–Crippen MR) is 145 cm³/mol. The summed E-state index contributed by atoms with van der Waals surface area (Å²) >= 11 is 0. The topological polar surface area (TPSA) is 112 Å². The van der Waals surface area contributed by atoms with Crippen LogP contribution in [0.3, 0.4) is 0 Å². The lowest BCUT2D eigenvalue weighted by molar-refractivity contribution is -0.133. The number of aromatic amines is 1. The quantitative estimate of drug-likeness (QED) is 0.362. The van der Waals surface area contributed by atoms with Crippen LogP contribution in [0.2, 0.25) is 0 Å². The summed E-state index contributed by atoms with van der Waals surface area (Å²) in [5.74, 6) is 2.92. The minimum atomic E-state index is 0.223. The second kappa shape index (κ2) is 10.4. The number of benzene rings is 1. The third-order valence-electron chi connectivity index (χ3n) is 7.54. The van der Waals surface area contributed by atoms with E-state index in [-0.39, 0.29) is 6.04 Å². The van der Waals surface area contributed by atoms with E-state index in [0.29, 0.717) is 23.5 Å². The molecule has 6 rings (SSSR count). The molecule has 1 aliphatic heterocycles. The smallest absolute Gasteiger partial charge is 0.222 e. The number of hydrogen-bond acceptors (Lipinski definition) is 8. The third kappa shape index (κ3) is 5.17. The summed E-state index contributed by atoms with van der Waals surface area (Å²) in [7, 11) is 1.61. The van der Waals surface area contributed by atoms with Gasteiger partial charge in [0.25, 0.3) is 0 Å². The fraction of sp³-hybridized carbons (Fsp3) is 0.393. The number of rotatable bonds is 8. The lowest BCUT2D eigenvalue weighted by atomic mass is 10.1. The van der Waals surface area contributed by atoms with E-state index in [1.54, 1.807) is 13.3 Å². The van der Waals surface area contributed by atoms with Crippen molar-refractivity contribution in [3.05, 3.63) is 54.6 Å². The molecule has 196 valence electrons. The number of amides is 1. The minimum Gasteiger partial charge on any atom is -0.493 e. The molecule has 38 heavy (non-hydrogen) atoms. The molecule has 2 aliphatic rings. The first-order valence-electron chi connectivity index (χ1n) is 13.2. The lowest BCUT2D eigenvalue weighted by Gasteiger charge is -2.38. The Morgan fingerprint density at radius 1 is 1.16 bits per heavy atom. The van der Waals surface area contributed by atoms with Gasteiger partial charge >= 0.3 is 0 Å². The number of fused-ring (bicyclic) bond motifs is 1. The molecule has 0 spiro atoms. The number of ether oxygens (including phenoxy) is 1. The first kappa shape index (κ1) is 24.3. The first-order valence-corrected chi connectivity index (χ1v) is 13.2. The van der Waals surface area contributed by atoms with Crippen molar-refractivity contribution in [2.24, 2.45) is 5.92 Å². The summed E-state index contributed by atoms with van der Waals surface area (Å²) in [6.07, 6.45) is 8.15. The van der Waals surface area contributed by atoms with Gasteiger partial charge in [-0.2, -0.15) is 0 Å². The van der Waals surface area contributed by atoms with E-state index in [2.05, 4.69) is 54.2 Å². The number of pyridine rings is 1. The van der Waals surface area contributed by atoms with Crippen molar-refractivity contribution < 1.29 is 9.53 Å². The molecule has 2 fully saturated rings. The van der Waals surface area contributed by atoms with Gasteiger partial charge < -0.3 is 19.9 Å². The molecule has 3 aromatic heterocycles. The number of carbonyl (C=O) groups excluding carboxylic acids is 1. The molecule has 1 aliphatic carbocycles. The number of imidazole rings is 1. The van der Waals surface area contributed by atoms with Crippen LogP contribution in [0.4, 0.5) is 11.8 Å². The standard InChI is InChI=1S/C28H32N8O2/c1-18(35-9-11-36(12-10-35)26(37)13-19-3-4-19)20-7-8-30-25(15-20)34-28-32-22-6-5-21(14-23(22)33-28)27-24(38-2)16-29-17-31-27/h5-8,14-19H,3-4,9-13H2,1-2H3,(H2,30,32,33,34)/t18-/m0/s1. The molecule has 1 aromatic carbocycles. The Labute approximate surface area is 221 Å². The molecule has 0 bridgehead atoms. The Hall–Kier alpha value is -4.05. The van der Waals surface area contributed by atoms with Gasteiger partial charge in [0, 0.05) is 50.4 Å². The van der Waals surface area contributed by atoms with E-state index in [0.717, 1.165) is 60.7 Å². The molecule has 2 N–H and O–H groups in total. The third-order valence-corrected chi connectivity index (χ3v) is 7.54. The monoisotopic (exact) mass is 512 g/mol. The van der Waals surface area contributed by atoms with Gasteiger partial charge in [-0.3, -0.25) is 9.69 Å². The predicted octanol–water partition coefficient (Wildman–Crippen LogP) is 4.17. The number of nitrogens with zero attached hydrogens (tertiary/aromatic N) is 6. The summed E-state index contributed by atoms with van der Waals surface area (Å²) in [5, 5.41) is 3.32. The zero-order chi connectivity index (χ0) is 26.1. The second-order valence-corrected chi connectivity index (χ2v) is 10.1. The summed E-state index contributed by atoms with van der Waals surface area (Å²) < 4.78 is 5.41. The summed E-state index contributed by atoms with van der Waals surface area (Å²) in [5.41, 5.74) is 4.53. The average Bonchev–Trinajstić information content (AvgIpc) is 3.68. The minimum absolute atomic E-state index is 0.223. The van der Waals surface area contributed by atoms with Gasteiger partial charge in [-0.15, -0.1) is 0 Å². The molecule has 0 radical (unpaired) electrons. The van der Waals surface area contributed by atoms with Crippen molar-refractivity contribution in [1.29, 1.82) is 0 Å². The van der Waals surface area contributed by atoms with Gasteiger partial charge in [-0.1, -0.05) is 6.07 Å². The number of anilines is 2. The highest BCUT2D eigenvalue weighted by molar-refractivity contribution is 5.84. The Kier molecular flexibility index (Phi) is 6.63. The summed E-state index contributed by atoms with van der Waals surface area (Å²) in [4.78, 5) is 37.9. The molecule has 4 heterocycles. The molecular weight excluding hydrogens is 480 g/mol. The van der Waals surface area contributed by atoms with Crippen LogP contribution < -0.4 is 10.1 Å². The Morgan fingerprint density at radius 3 is 2.79 bits per heavy atom. The zero-order valence-corrected chi connectivity index (χ0v) is 21.7. The van der Waals surface area contributed by atoms with Crippen molar-refractivity contribution in [1.82, 2.24) is 34.7 Å². The fourth-order valence-electron chi connectivity index (χ4n) is 5.06. The van der Waals surface area contributed by atoms with E-state index in [1.807, 2.05) is 29.3 Å². The van der Waals surface area contributed by atoms with Gasteiger partial charge in [0.05, 0.1) is 24.3 Å². The van der Waals surface area contributed by atoms with Crippen molar-refractivity contribution in [2.75, 3.05) is 38.6 Å². The maximum Gasteiger partial charge on any atom is 0.222 e. The van der Waals surface area contributed by atoms with Gasteiger partial charge in [-0.25, -0.2) is 19.9 Å². The highest BCUT2D eigenvalue weighted by Crippen LogP contribution is 2.33. The summed E-state index contributed by atoms with van der Waals surface area (Å²) in [6.45, 7) is 5.57. The van der Waals surface area contributed by atoms with E-state index in [9.17, 15) is 4.79 Å². The van der Waals surface area contributed by atoms with Crippen molar-refractivity contribution in [3.8, 4) is 17.0 Å². The molecule has 1 amide bonds. The van der Waals surface area contributed by atoms with E-state index in [1.165, 1.54) is 24.7 Å². The maximum atomic E-state index is 12.5. The number of nitrogens with one attached hydrogen (secondary N) is 2. The van der Waals surface area contributed by atoms with Crippen molar-refractivity contribution >= 4 is 28.7 Å². The number of methoxy groups -OCH3 is 1. The number of carbonyl (C=O) groups is 1. The molecule has 10 nitrogen and oxygen atoms in total. The number of H-pyrrole nitrogens is 1. The Morgan fingerprint density at radius 2 is 2.00 bits per heavy atom. The van der Waals surface area contributed by atoms with Crippen LogP contribution in [0, 0.1) is 5.92 Å². The van der Waals surface area contributed by atoms with Gasteiger partial charge in [0.15, 0.2) is 5.75 Å². The average molecular weight is 513 g/mol. The molecule has 4 aromatic rings. The molecular formula is C28H32N8O2. The highest BCUT2D eigenvalue weighted by atomic mass is 16.5. The lowest BCUT2D eigenvalue weighted by Crippen LogP contribution is -2.49. The molecule has 1 saturated carbocycles. The van der Waals surface area contributed by atoms with Crippen molar-refractivity contribution in [2.45, 2.75) is 32.2 Å².